The predicted octanol–water partition coefficient (Wildman–Crippen LogP) is 3.03. The van der Waals surface area contributed by atoms with Crippen molar-refractivity contribution >= 4 is 5.97 Å². The molecule has 0 unspecified atom stereocenters. The number of rotatable bonds is 5. The van der Waals surface area contributed by atoms with Crippen molar-refractivity contribution in [2.75, 3.05) is 0 Å². The van der Waals surface area contributed by atoms with E-state index in [9.17, 15) is 9.18 Å². The maximum absolute atomic E-state index is 13.0. The third kappa shape index (κ3) is 4.10. The van der Waals surface area contributed by atoms with Crippen LogP contribution in [0.25, 0.3) is 0 Å². The molecule has 2 aromatic rings. The summed E-state index contributed by atoms with van der Waals surface area (Å²) < 4.78 is 18.5. The van der Waals surface area contributed by atoms with Crippen LogP contribution in [0.2, 0.25) is 0 Å². The Morgan fingerprint density at radius 1 is 1.11 bits per heavy atom. The first-order valence-corrected chi connectivity index (χ1v) is 5.81. The van der Waals surface area contributed by atoms with Gasteiger partial charge in [0.2, 0.25) is 0 Å². The second kappa shape index (κ2) is 6.00. The molecule has 0 aliphatic carbocycles. The number of hydrogen-bond donors (Lipinski definition) is 1. The first kappa shape index (κ1) is 13.1. The minimum atomic E-state index is -0.887. The summed E-state index contributed by atoms with van der Waals surface area (Å²) in [6.45, 7) is 0.244. The van der Waals surface area contributed by atoms with Crippen LogP contribution in [0.15, 0.2) is 48.5 Å². The Kier molecular flexibility index (Phi) is 4.13. The lowest BCUT2D eigenvalue weighted by Crippen LogP contribution is -2.01. The number of benzene rings is 2. The summed E-state index contributed by atoms with van der Waals surface area (Å²) in [5.41, 5.74) is 1.40. The lowest BCUT2D eigenvalue weighted by atomic mass is 10.1. The fourth-order valence-electron chi connectivity index (χ4n) is 1.71. The van der Waals surface area contributed by atoms with E-state index in [-0.39, 0.29) is 18.8 Å². The third-order valence-electron chi connectivity index (χ3n) is 2.55. The van der Waals surface area contributed by atoms with Crippen molar-refractivity contribution in [3.63, 3.8) is 0 Å². The van der Waals surface area contributed by atoms with Crippen LogP contribution < -0.4 is 4.74 Å². The van der Waals surface area contributed by atoms with E-state index < -0.39 is 5.97 Å². The molecule has 2 rings (SSSR count). The summed E-state index contributed by atoms with van der Waals surface area (Å²) in [7, 11) is 0. The molecular formula is C15H13FO3. The molecule has 4 heteroatoms. The first-order chi connectivity index (χ1) is 9.13. The second-order valence-corrected chi connectivity index (χ2v) is 4.14. The quantitative estimate of drug-likeness (QED) is 0.898. The summed E-state index contributed by atoms with van der Waals surface area (Å²) in [4.78, 5) is 10.6. The van der Waals surface area contributed by atoms with Crippen molar-refractivity contribution in [2.45, 2.75) is 13.0 Å². The normalized spacial score (nSPS) is 10.2. The number of carbonyl (C=O) groups is 1. The number of aliphatic carboxylic acids is 1. The summed E-state index contributed by atoms with van der Waals surface area (Å²) in [5, 5.41) is 8.71. The molecule has 0 atom stereocenters. The summed E-state index contributed by atoms with van der Waals surface area (Å²) >= 11 is 0. The Morgan fingerprint density at radius 3 is 2.58 bits per heavy atom. The lowest BCUT2D eigenvalue weighted by molar-refractivity contribution is -0.136. The lowest BCUT2D eigenvalue weighted by Gasteiger charge is -2.07. The molecule has 19 heavy (non-hydrogen) atoms. The Morgan fingerprint density at radius 2 is 1.84 bits per heavy atom. The maximum Gasteiger partial charge on any atom is 0.307 e. The molecule has 3 nitrogen and oxygen atoms in total. The molecule has 0 aliphatic rings. The molecule has 0 bridgehead atoms. The fraction of sp³-hybridized carbons (Fsp3) is 0.133. The van der Waals surface area contributed by atoms with Crippen LogP contribution in [-0.2, 0) is 17.8 Å². The second-order valence-electron chi connectivity index (χ2n) is 4.14. The van der Waals surface area contributed by atoms with Crippen LogP contribution in [0.1, 0.15) is 11.1 Å². The molecule has 98 valence electrons. The molecule has 2 aromatic carbocycles. The molecule has 0 spiro atoms. The number of carboxylic acids is 1. The van der Waals surface area contributed by atoms with Crippen LogP contribution in [-0.4, -0.2) is 11.1 Å². The molecule has 0 fully saturated rings. The van der Waals surface area contributed by atoms with Gasteiger partial charge < -0.3 is 9.84 Å². The summed E-state index contributed by atoms with van der Waals surface area (Å²) in [5.74, 6) is -0.619. The number of ether oxygens (including phenoxy) is 1. The average Bonchev–Trinajstić information content (AvgIpc) is 2.36. The van der Waals surface area contributed by atoms with Gasteiger partial charge in [0.15, 0.2) is 0 Å². The van der Waals surface area contributed by atoms with Crippen LogP contribution in [0.5, 0.6) is 5.75 Å². The van der Waals surface area contributed by atoms with Gasteiger partial charge in [-0.25, -0.2) is 4.39 Å². The van der Waals surface area contributed by atoms with E-state index in [1.54, 1.807) is 36.4 Å². The van der Waals surface area contributed by atoms with Crippen LogP contribution in [0.4, 0.5) is 4.39 Å². The van der Waals surface area contributed by atoms with Gasteiger partial charge in [-0.1, -0.05) is 24.3 Å². The number of hydrogen-bond acceptors (Lipinski definition) is 2. The molecule has 0 radical (unpaired) electrons. The van der Waals surface area contributed by atoms with E-state index in [1.165, 1.54) is 12.1 Å². The monoisotopic (exact) mass is 260 g/mol. The topological polar surface area (TPSA) is 46.5 Å². The zero-order chi connectivity index (χ0) is 13.7. The third-order valence-corrected chi connectivity index (χ3v) is 2.55. The molecular weight excluding hydrogens is 247 g/mol. The number of carboxylic acid groups (broad SMARTS) is 1. The molecule has 0 saturated carbocycles. The average molecular weight is 260 g/mol. The minimum absolute atomic E-state index is 0.0445. The van der Waals surface area contributed by atoms with Gasteiger partial charge in [-0.2, -0.15) is 0 Å². The van der Waals surface area contributed by atoms with Gasteiger partial charge in [0.25, 0.3) is 0 Å². The molecule has 0 aromatic heterocycles. The van der Waals surface area contributed by atoms with Crippen LogP contribution in [0.3, 0.4) is 0 Å². The van der Waals surface area contributed by atoms with Crippen molar-refractivity contribution in [1.29, 1.82) is 0 Å². The van der Waals surface area contributed by atoms with Crippen molar-refractivity contribution in [1.82, 2.24) is 0 Å². The van der Waals surface area contributed by atoms with E-state index in [0.717, 1.165) is 5.56 Å². The zero-order valence-electron chi connectivity index (χ0n) is 10.2. The van der Waals surface area contributed by atoms with Crippen LogP contribution in [0, 0.1) is 5.82 Å². The highest BCUT2D eigenvalue weighted by Gasteiger charge is 2.02. The van der Waals surface area contributed by atoms with E-state index in [1.807, 2.05) is 0 Å². The highest BCUT2D eigenvalue weighted by atomic mass is 19.1. The maximum atomic E-state index is 13.0. The van der Waals surface area contributed by atoms with Gasteiger partial charge in [-0.3, -0.25) is 4.79 Å². The Bertz CT molecular complexity index is 581. The van der Waals surface area contributed by atoms with Crippen molar-refractivity contribution in [3.05, 3.63) is 65.5 Å². The van der Waals surface area contributed by atoms with E-state index in [4.69, 9.17) is 9.84 Å². The fourth-order valence-corrected chi connectivity index (χ4v) is 1.71. The van der Waals surface area contributed by atoms with Crippen molar-refractivity contribution in [3.8, 4) is 5.75 Å². The SMILES string of the molecule is O=C(O)Cc1cccc(OCc2cccc(F)c2)c1. The Labute approximate surface area is 110 Å². The Balaban J connectivity index is 2.01. The van der Waals surface area contributed by atoms with E-state index in [2.05, 4.69) is 0 Å². The number of halogens is 1. The van der Waals surface area contributed by atoms with E-state index in [0.29, 0.717) is 11.3 Å². The van der Waals surface area contributed by atoms with Gasteiger partial charge in [0, 0.05) is 0 Å². The highest BCUT2D eigenvalue weighted by molar-refractivity contribution is 5.70. The van der Waals surface area contributed by atoms with E-state index >= 15 is 0 Å². The highest BCUT2D eigenvalue weighted by Crippen LogP contribution is 2.16. The molecule has 0 saturated heterocycles. The zero-order valence-corrected chi connectivity index (χ0v) is 10.2. The van der Waals surface area contributed by atoms with Gasteiger partial charge in [0.1, 0.15) is 18.2 Å². The van der Waals surface area contributed by atoms with Crippen molar-refractivity contribution < 1.29 is 19.0 Å². The smallest absolute Gasteiger partial charge is 0.307 e. The van der Waals surface area contributed by atoms with Gasteiger partial charge >= 0.3 is 5.97 Å². The largest absolute Gasteiger partial charge is 0.489 e. The van der Waals surface area contributed by atoms with Gasteiger partial charge in [-0.15, -0.1) is 0 Å². The van der Waals surface area contributed by atoms with Crippen LogP contribution >= 0.6 is 0 Å². The summed E-state index contributed by atoms with van der Waals surface area (Å²) in [6, 6.07) is 13.0. The molecule has 0 aliphatic heterocycles. The molecule has 0 amide bonds. The standard InChI is InChI=1S/C15H13FO3/c16-13-5-1-4-12(7-13)10-19-14-6-2-3-11(8-14)9-15(17)18/h1-8H,9-10H2,(H,17,18). The summed E-state index contributed by atoms with van der Waals surface area (Å²) in [6.07, 6.45) is -0.0445. The molecule has 1 N–H and O–H groups in total. The van der Waals surface area contributed by atoms with Gasteiger partial charge in [0.05, 0.1) is 6.42 Å². The molecule has 0 heterocycles. The van der Waals surface area contributed by atoms with Crippen molar-refractivity contribution in [2.24, 2.45) is 0 Å². The first-order valence-electron chi connectivity index (χ1n) is 5.81. The Hall–Kier alpha value is -2.36. The predicted molar refractivity (Wildman–Crippen MR) is 68.5 cm³/mol. The minimum Gasteiger partial charge on any atom is -0.489 e. The van der Waals surface area contributed by atoms with Gasteiger partial charge in [-0.05, 0) is 35.4 Å².